The second kappa shape index (κ2) is 5.10. The normalized spacial score (nSPS) is 17.4. The van der Waals surface area contributed by atoms with Gasteiger partial charge in [-0.1, -0.05) is 30.3 Å². The fourth-order valence-corrected chi connectivity index (χ4v) is 1.35. The van der Waals surface area contributed by atoms with Crippen LogP contribution in [0.4, 0.5) is 0 Å². The van der Waals surface area contributed by atoms with Crippen LogP contribution in [-0.2, 0) is 20.6 Å². The van der Waals surface area contributed by atoms with Crippen molar-refractivity contribution in [1.29, 1.82) is 0 Å². The fraction of sp³-hybridized carbons (Fsp3) is 0.455. The van der Waals surface area contributed by atoms with E-state index in [-0.39, 0.29) is 0 Å². The first-order valence-corrected chi connectivity index (χ1v) is 4.84. The monoisotopic (exact) mass is 194 g/mol. The Morgan fingerprint density at radius 1 is 1.14 bits per heavy atom. The molecule has 1 aliphatic rings. The molecule has 14 heavy (non-hydrogen) atoms. The van der Waals surface area contributed by atoms with Crippen LogP contribution in [0.15, 0.2) is 30.3 Å². The molecule has 0 radical (unpaired) electrons. The molecule has 0 N–H and O–H groups in total. The van der Waals surface area contributed by atoms with E-state index in [1.54, 1.807) is 0 Å². The molecule has 0 unspecified atom stereocenters. The van der Waals surface area contributed by atoms with Crippen LogP contribution in [-0.4, -0.2) is 26.3 Å². The maximum atomic E-state index is 5.36. The summed E-state index contributed by atoms with van der Waals surface area (Å²) in [5, 5.41) is 0. The highest BCUT2D eigenvalue weighted by atomic mass is 16.9. The second-order valence-electron chi connectivity index (χ2n) is 3.14. The molecule has 3 heteroatoms. The molecule has 1 saturated heterocycles. The van der Waals surface area contributed by atoms with Crippen LogP contribution in [0.1, 0.15) is 5.56 Å². The fourth-order valence-electron chi connectivity index (χ4n) is 1.35. The molecular formula is C11H14O3. The van der Waals surface area contributed by atoms with Crippen molar-refractivity contribution in [3.63, 3.8) is 0 Å². The summed E-state index contributed by atoms with van der Waals surface area (Å²) < 4.78 is 15.7. The molecule has 76 valence electrons. The molecule has 2 rings (SSSR count). The van der Waals surface area contributed by atoms with Gasteiger partial charge in [0.15, 0.2) is 0 Å². The van der Waals surface area contributed by atoms with E-state index in [2.05, 4.69) is 12.1 Å². The predicted molar refractivity (Wildman–Crippen MR) is 51.8 cm³/mol. The van der Waals surface area contributed by atoms with E-state index in [0.29, 0.717) is 19.8 Å². The van der Waals surface area contributed by atoms with Crippen LogP contribution in [0.3, 0.4) is 0 Å². The van der Waals surface area contributed by atoms with Gasteiger partial charge in [-0.05, 0) is 12.0 Å². The molecule has 1 aromatic carbocycles. The van der Waals surface area contributed by atoms with Crippen molar-refractivity contribution in [1.82, 2.24) is 0 Å². The number of rotatable bonds is 4. The molecule has 3 nitrogen and oxygen atoms in total. The van der Waals surface area contributed by atoms with Crippen LogP contribution in [0.5, 0.6) is 0 Å². The molecular weight excluding hydrogens is 180 g/mol. The topological polar surface area (TPSA) is 27.7 Å². The minimum Gasteiger partial charge on any atom is -0.330 e. The first kappa shape index (κ1) is 9.65. The Hall–Kier alpha value is -0.900. The van der Waals surface area contributed by atoms with E-state index in [0.717, 1.165) is 6.42 Å². The van der Waals surface area contributed by atoms with E-state index in [4.69, 9.17) is 14.2 Å². The molecule has 0 atom stereocenters. The Balaban J connectivity index is 1.67. The summed E-state index contributed by atoms with van der Waals surface area (Å²) in [6, 6.07) is 10.2. The second-order valence-corrected chi connectivity index (χ2v) is 3.14. The van der Waals surface area contributed by atoms with Crippen LogP contribution >= 0.6 is 0 Å². The highest BCUT2D eigenvalue weighted by Gasteiger charge is 2.15. The third-order valence-corrected chi connectivity index (χ3v) is 2.08. The minimum absolute atomic E-state index is 0.446. The third-order valence-electron chi connectivity index (χ3n) is 2.08. The highest BCUT2D eigenvalue weighted by Crippen LogP contribution is 2.06. The highest BCUT2D eigenvalue weighted by molar-refractivity contribution is 5.14. The van der Waals surface area contributed by atoms with Crippen molar-refractivity contribution < 1.29 is 14.2 Å². The number of hydrogen-bond donors (Lipinski definition) is 0. The average Bonchev–Trinajstić information content (AvgIpc) is 2.72. The Morgan fingerprint density at radius 3 is 2.57 bits per heavy atom. The van der Waals surface area contributed by atoms with Crippen LogP contribution < -0.4 is 0 Å². The summed E-state index contributed by atoms with van der Waals surface area (Å²) in [5.41, 5.74) is 1.27. The van der Waals surface area contributed by atoms with Crippen molar-refractivity contribution >= 4 is 0 Å². The summed E-state index contributed by atoms with van der Waals surface area (Å²) in [4.78, 5) is 0. The van der Waals surface area contributed by atoms with Gasteiger partial charge in [-0.2, -0.15) is 0 Å². The molecule has 0 aliphatic carbocycles. The summed E-state index contributed by atoms with van der Waals surface area (Å²) in [6.07, 6.45) is 0.893. The summed E-state index contributed by atoms with van der Waals surface area (Å²) in [7, 11) is 0. The van der Waals surface area contributed by atoms with Gasteiger partial charge in [-0.3, -0.25) is 0 Å². The zero-order valence-corrected chi connectivity index (χ0v) is 8.02. The molecule has 0 aromatic heterocycles. The summed E-state index contributed by atoms with van der Waals surface area (Å²) >= 11 is 0. The lowest BCUT2D eigenvalue weighted by Gasteiger charge is -2.09. The van der Waals surface area contributed by atoms with E-state index < -0.39 is 6.48 Å². The quantitative estimate of drug-likeness (QED) is 0.728. The van der Waals surface area contributed by atoms with Gasteiger partial charge in [0, 0.05) is 0 Å². The van der Waals surface area contributed by atoms with E-state index >= 15 is 0 Å². The van der Waals surface area contributed by atoms with Gasteiger partial charge in [0.2, 0.25) is 0 Å². The van der Waals surface area contributed by atoms with Gasteiger partial charge in [0.1, 0.15) is 0 Å². The van der Waals surface area contributed by atoms with Crippen molar-refractivity contribution in [2.75, 3.05) is 19.8 Å². The molecule has 1 aliphatic heterocycles. The number of benzene rings is 1. The zero-order chi connectivity index (χ0) is 9.64. The molecule has 1 fully saturated rings. The molecule has 0 saturated carbocycles. The van der Waals surface area contributed by atoms with Crippen LogP contribution in [0.25, 0.3) is 0 Å². The number of hydrogen-bond acceptors (Lipinski definition) is 3. The first-order chi connectivity index (χ1) is 6.95. The van der Waals surface area contributed by atoms with E-state index in [1.807, 2.05) is 18.2 Å². The van der Waals surface area contributed by atoms with Crippen molar-refractivity contribution in [2.24, 2.45) is 0 Å². The van der Waals surface area contributed by atoms with Crippen LogP contribution in [0.2, 0.25) is 0 Å². The predicted octanol–water partition coefficient (Wildman–Crippen LogP) is 1.58. The van der Waals surface area contributed by atoms with Gasteiger partial charge in [-0.15, -0.1) is 0 Å². The average molecular weight is 194 g/mol. The minimum atomic E-state index is -0.446. The van der Waals surface area contributed by atoms with E-state index in [1.165, 1.54) is 5.56 Å². The standard InChI is InChI=1S/C11H14O3/c1-2-4-10(5-3-1)6-7-12-11-13-8-9-14-11/h1-5,11H,6-9H2. The first-order valence-electron chi connectivity index (χ1n) is 4.84. The van der Waals surface area contributed by atoms with Gasteiger partial charge >= 0.3 is 0 Å². The maximum Gasteiger partial charge on any atom is 0.271 e. The third kappa shape index (κ3) is 2.80. The Bertz CT molecular complexity index is 254. The Labute approximate surface area is 83.6 Å². The Morgan fingerprint density at radius 2 is 1.86 bits per heavy atom. The number of ether oxygens (including phenoxy) is 3. The molecule has 0 amide bonds. The van der Waals surface area contributed by atoms with Crippen molar-refractivity contribution in [3.05, 3.63) is 35.9 Å². The molecule has 0 bridgehead atoms. The molecule has 1 heterocycles. The van der Waals surface area contributed by atoms with Gasteiger partial charge in [-0.25, -0.2) is 0 Å². The van der Waals surface area contributed by atoms with Crippen LogP contribution in [0, 0.1) is 0 Å². The Kier molecular flexibility index (Phi) is 3.51. The molecule has 0 spiro atoms. The SMILES string of the molecule is c1ccc(CCOC2OCCO2)cc1. The van der Waals surface area contributed by atoms with Gasteiger partial charge in [0.25, 0.3) is 6.48 Å². The molecule has 1 aromatic rings. The smallest absolute Gasteiger partial charge is 0.271 e. The lowest BCUT2D eigenvalue weighted by molar-refractivity contribution is -0.229. The maximum absolute atomic E-state index is 5.36. The lowest BCUT2D eigenvalue weighted by Crippen LogP contribution is -2.14. The van der Waals surface area contributed by atoms with Gasteiger partial charge < -0.3 is 14.2 Å². The zero-order valence-electron chi connectivity index (χ0n) is 8.02. The van der Waals surface area contributed by atoms with Crippen molar-refractivity contribution in [2.45, 2.75) is 12.9 Å². The lowest BCUT2D eigenvalue weighted by atomic mass is 10.2. The summed E-state index contributed by atoms with van der Waals surface area (Å²) in [6.45, 7) is 1.46. The van der Waals surface area contributed by atoms with E-state index in [9.17, 15) is 0 Å². The summed E-state index contributed by atoms with van der Waals surface area (Å²) in [5.74, 6) is 0. The van der Waals surface area contributed by atoms with Gasteiger partial charge in [0.05, 0.1) is 19.8 Å². The largest absolute Gasteiger partial charge is 0.330 e. The van der Waals surface area contributed by atoms with Crippen molar-refractivity contribution in [3.8, 4) is 0 Å².